The molecular formula is C16H21NO3. The predicted octanol–water partition coefficient (Wildman–Crippen LogP) is 2.49. The molecule has 1 saturated heterocycles. The van der Waals surface area contributed by atoms with E-state index in [4.69, 9.17) is 9.15 Å². The third-order valence-electron chi connectivity index (χ3n) is 6.57. The van der Waals surface area contributed by atoms with Crippen LogP contribution in [0.5, 0.6) is 0 Å². The molecule has 2 saturated carbocycles. The van der Waals surface area contributed by atoms with Gasteiger partial charge >= 0.3 is 0 Å². The van der Waals surface area contributed by atoms with Crippen molar-refractivity contribution in [3.05, 3.63) is 24.2 Å². The fourth-order valence-corrected chi connectivity index (χ4v) is 4.98. The van der Waals surface area contributed by atoms with E-state index in [0.717, 1.165) is 25.2 Å². The van der Waals surface area contributed by atoms with E-state index in [1.54, 1.807) is 6.26 Å². The highest BCUT2D eigenvalue weighted by Gasteiger charge is 2.78. The Balaban J connectivity index is 1.58. The summed E-state index contributed by atoms with van der Waals surface area (Å²) in [7, 11) is 0. The van der Waals surface area contributed by atoms with Crippen LogP contribution in [-0.4, -0.2) is 18.1 Å². The number of rotatable bonds is 3. The molecule has 4 unspecified atom stereocenters. The smallest absolute Gasteiger partial charge is 0.253 e. The van der Waals surface area contributed by atoms with Gasteiger partial charge in [-0.1, -0.05) is 13.8 Å². The van der Waals surface area contributed by atoms with Crippen molar-refractivity contribution >= 4 is 5.91 Å². The Hall–Kier alpha value is -1.29. The van der Waals surface area contributed by atoms with Gasteiger partial charge in [-0.2, -0.15) is 0 Å². The van der Waals surface area contributed by atoms with E-state index in [1.807, 2.05) is 12.1 Å². The van der Waals surface area contributed by atoms with Crippen LogP contribution in [0.15, 0.2) is 22.8 Å². The Morgan fingerprint density at radius 3 is 3.00 bits per heavy atom. The molecule has 0 aromatic carbocycles. The first-order chi connectivity index (χ1) is 9.52. The molecule has 20 heavy (non-hydrogen) atoms. The SMILES string of the molecule is CC12COC3(C(=O)NCc4ccco4)CC1CCC32C. The zero-order chi connectivity index (χ0) is 14.0. The molecule has 2 aliphatic carbocycles. The maximum atomic E-state index is 12.8. The summed E-state index contributed by atoms with van der Waals surface area (Å²) >= 11 is 0. The summed E-state index contributed by atoms with van der Waals surface area (Å²) in [6.07, 6.45) is 4.84. The van der Waals surface area contributed by atoms with E-state index in [2.05, 4.69) is 19.2 Å². The van der Waals surface area contributed by atoms with Crippen molar-refractivity contribution in [3.63, 3.8) is 0 Å². The van der Waals surface area contributed by atoms with Gasteiger partial charge in [0.15, 0.2) is 5.60 Å². The summed E-state index contributed by atoms with van der Waals surface area (Å²) in [6, 6.07) is 3.71. The number of nitrogens with one attached hydrogen (secondary N) is 1. The molecule has 3 aliphatic rings. The second-order valence-corrected chi connectivity index (χ2v) is 7.07. The molecule has 1 aromatic rings. The molecule has 4 bridgehead atoms. The number of carbonyl (C=O) groups excluding carboxylic acids is 1. The second kappa shape index (κ2) is 3.67. The standard InChI is InChI=1S/C16H21NO3/c1-14-10-20-16(8-11(14)5-6-15(14,16)2)13(18)17-9-12-4-3-7-19-12/h3-4,7,11H,5-6,8-10H2,1-2H3,(H,17,18). The topological polar surface area (TPSA) is 51.5 Å². The minimum absolute atomic E-state index is 0.0160. The maximum absolute atomic E-state index is 12.8. The van der Waals surface area contributed by atoms with Crippen molar-refractivity contribution in [2.45, 2.75) is 45.3 Å². The van der Waals surface area contributed by atoms with Crippen molar-refractivity contribution < 1.29 is 13.9 Å². The van der Waals surface area contributed by atoms with Gasteiger partial charge < -0.3 is 14.5 Å². The number of hydrogen-bond donors (Lipinski definition) is 1. The lowest BCUT2D eigenvalue weighted by atomic mass is 9.66. The minimum atomic E-state index is -0.614. The van der Waals surface area contributed by atoms with E-state index in [9.17, 15) is 4.79 Å². The lowest BCUT2D eigenvalue weighted by Crippen LogP contribution is -2.55. The summed E-state index contributed by atoms with van der Waals surface area (Å²) in [6.45, 7) is 5.72. The lowest BCUT2D eigenvalue weighted by Gasteiger charge is -2.39. The highest BCUT2D eigenvalue weighted by Crippen LogP contribution is 2.74. The Labute approximate surface area is 118 Å². The molecule has 1 amide bonds. The van der Waals surface area contributed by atoms with E-state index in [1.165, 1.54) is 6.42 Å². The largest absolute Gasteiger partial charge is 0.467 e. The van der Waals surface area contributed by atoms with Crippen molar-refractivity contribution in [1.29, 1.82) is 0 Å². The van der Waals surface area contributed by atoms with Gasteiger partial charge in [0.2, 0.25) is 0 Å². The van der Waals surface area contributed by atoms with Crippen LogP contribution >= 0.6 is 0 Å². The van der Waals surface area contributed by atoms with Gasteiger partial charge in [-0.15, -0.1) is 0 Å². The molecule has 4 atom stereocenters. The van der Waals surface area contributed by atoms with Crippen molar-refractivity contribution in [2.24, 2.45) is 16.7 Å². The molecule has 1 N–H and O–H groups in total. The van der Waals surface area contributed by atoms with Crippen LogP contribution in [0.3, 0.4) is 0 Å². The van der Waals surface area contributed by atoms with Crippen molar-refractivity contribution in [3.8, 4) is 0 Å². The molecule has 4 heteroatoms. The van der Waals surface area contributed by atoms with E-state index in [0.29, 0.717) is 12.5 Å². The van der Waals surface area contributed by atoms with Gasteiger partial charge in [-0.3, -0.25) is 4.79 Å². The molecule has 3 fully saturated rings. The third kappa shape index (κ3) is 1.20. The Kier molecular flexibility index (Phi) is 2.28. The average molecular weight is 275 g/mol. The summed E-state index contributed by atoms with van der Waals surface area (Å²) in [5, 5.41) is 3.02. The predicted molar refractivity (Wildman–Crippen MR) is 72.8 cm³/mol. The van der Waals surface area contributed by atoms with Gasteiger partial charge in [-0.05, 0) is 37.3 Å². The second-order valence-electron chi connectivity index (χ2n) is 7.07. The van der Waals surface area contributed by atoms with E-state index >= 15 is 0 Å². The number of carbonyl (C=O) groups is 1. The monoisotopic (exact) mass is 275 g/mol. The maximum Gasteiger partial charge on any atom is 0.253 e. The molecule has 0 spiro atoms. The summed E-state index contributed by atoms with van der Waals surface area (Å²) in [4.78, 5) is 12.8. The Morgan fingerprint density at radius 1 is 1.50 bits per heavy atom. The van der Waals surface area contributed by atoms with Crippen molar-refractivity contribution in [1.82, 2.24) is 5.32 Å². The van der Waals surface area contributed by atoms with Crippen LogP contribution in [0.1, 0.15) is 38.9 Å². The van der Waals surface area contributed by atoms with Crippen LogP contribution in [-0.2, 0) is 16.1 Å². The number of hydrogen-bond acceptors (Lipinski definition) is 3. The van der Waals surface area contributed by atoms with Crippen LogP contribution in [0.4, 0.5) is 0 Å². The quantitative estimate of drug-likeness (QED) is 0.922. The molecule has 108 valence electrons. The normalized spacial score (nSPS) is 45.0. The van der Waals surface area contributed by atoms with Gasteiger partial charge in [0.1, 0.15) is 5.76 Å². The third-order valence-corrected chi connectivity index (χ3v) is 6.57. The van der Waals surface area contributed by atoms with Gasteiger partial charge in [0.25, 0.3) is 5.91 Å². The van der Waals surface area contributed by atoms with Gasteiger partial charge in [-0.25, -0.2) is 0 Å². The molecule has 4 nitrogen and oxygen atoms in total. The molecule has 2 heterocycles. The highest BCUT2D eigenvalue weighted by molar-refractivity contribution is 5.88. The van der Waals surface area contributed by atoms with Crippen LogP contribution < -0.4 is 5.32 Å². The molecule has 1 aliphatic heterocycles. The fraction of sp³-hybridized carbons (Fsp3) is 0.688. The zero-order valence-corrected chi connectivity index (χ0v) is 12.1. The first-order valence-electron chi connectivity index (χ1n) is 7.47. The molecule has 4 rings (SSSR count). The zero-order valence-electron chi connectivity index (χ0n) is 12.1. The summed E-state index contributed by atoms with van der Waals surface area (Å²) in [5.74, 6) is 1.46. The van der Waals surface area contributed by atoms with Crippen LogP contribution in [0.2, 0.25) is 0 Å². The van der Waals surface area contributed by atoms with E-state index < -0.39 is 5.60 Å². The Morgan fingerprint density at radius 2 is 2.35 bits per heavy atom. The van der Waals surface area contributed by atoms with Gasteiger partial charge in [0.05, 0.1) is 19.4 Å². The van der Waals surface area contributed by atoms with Gasteiger partial charge in [0, 0.05) is 10.8 Å². The molecule has 1 aromatic heterocycles. The molecule has 0 radical (unpaired) electrons. The minimum Gasteiger partial charge on any atom is -0.467 e. The van der Waals surface area contributed by atoms with Crippen LogP contribution in [0.25, 0.3) is 0 Å². The van der Waals surface area contributed by atoms with Crippen LogP contribution in [0, 0.1) is 16.7 Å². The van der Waals surface area contributed by atoms with E-state index in [-0.39, 0.29) is 16.7 Å². The van der Waals surface area contributed by atoms with Crippen molar-refractivity contribution in [2.75, 3.05) is 6.61 Å². The highest BCUT2D eigenvalue weighted by atomic mass is 16.5. The number of ether oxygens (including phenoxy) is 1. The molecular weight excluding hydrogens is 254 g/mol. The Bertz CT molecular complexity index is 554. The first-order valence-corrected chi connectivity index (χ1v) is 7.47. The number of amides is 1. The summed E-state index contributed by atoms with van der Waals surface area (Å²) in [5.41, 5.74) is -0.454. The lowest BCUT2D eigenvalue weighted by molar-refractivity contribution is -0.155. The average Bonchev–Trinajstić information content (AvgIpc) is 3.13. The fourth-order valence-electron chi connectivity index (χ4n) is 4.98. The summed E-state index contributed by atoms with van der Waals surface area (Å²) < 4.78 is 11.3. The number of furan rings is 1. The first kappa shape index (κ1) is 12.5.